The van der Waals surface area contributed by atoms with Crippen molar-refractivity contribution in [2.75, 3.05) is 7.11 Å². The second-order valence-corrected chi connectivity index (χ2v) is 8.60. The average molecular weight is 445 g/mol. The maximum Gasteiger partial charge on any atom is 0.255 e. The highest BCUT2D eigenvalue weighted by atomic mass is 35.5. The summed E-state index contributed by atoms with van der Waals surface area (Å²) in [5.41, 5.74) is 2.13. The maximum atomic E-state index is 12.4. The summed E-state index contributed by atoms with van der Waals surface area (Å²) in [6.45, 7) is 0.462. The van der Waals surface area contributed by atoms with Gasteiger partial charge in [0.15, 0.2) is 0 Å². The van der Waals surface area contributed by atoms with Crippen LogP contribution in [0.1, 0.15) is 21.5 Å². The molecule has 3 rings (SSSR count). The van der Waals surface area contributed by atoms with Crippen molar-refractivity contribution in [3.8, 4) is 5.75 Å². The highest BCUT2D eigenvalue weighted by molar-refractivity contribution is 7.89. The molecule has 30 heavy (non-hydrogen) atoms. The van der Waals surface area contributed by atoms with Crippen LogP contribution in [0.2, 0.25) is 5.02 Å². The molecule has 0 aliphatic heterocycles. The summed E-state index contributed by atoms with van der Waals surface area (Å²) in [7, 11) is -2.19. The monoisotopic (exact) mass is 444 g/mol. The van der Waals surface area contributed by atoms with Crippen LogP contribution in [-0.4, -0.2) is 21.4 Å². The van der Waals surface area contributed by atoms with Crippen molar-refractivity contribution in [1.29, 1.82) is 0 Å². The first-order valence-corrected chi connectivity index (χ1v) is 11.0. The molecule has 0 unspecified atom stereocenters. The van der Waals surface area contributed by atoms with Gasteiger partial charge in [0.1, 0.15) is 10.6 Å². The fourth-order valence-corrected chi connectivity index (χ4v) is 4.34. The Balaban J connectivity index is 1.58. The molecule has 1 amide bonds. The fourth-order valence-electron chi connectivity index (χ4n) is 2.80. The van der Waals surface area contributed by atoms with E-state index < -0.39 is 10.0 Å². The molecule has 6 nitrogen and oxygen atoms in total. The highest BCUT2D eigenvalue weighted by Gasteiger charge is 2.17. The van der Waals surface area contributed by atoms with Crippen LogP contribution in [0.25, 0.3) is 0 Å². The molecule has 0 fully saturated rings. The van der Waals surface area contributed by atoms with Crippen molar-refractivity contribution < 1.29 is 17.9 Å². The summed E-state index contributed by atoms with van der Waals surface area (Å²) in [4.78, 5) is 12.4. The minimum Gasteiger partial charge on any atom is -0.496 e. The summed E-state index contributed by atoms with van der Waals surface area (Å²) in [5, 5.41) is 3.02. The van der Waals surface area contributed by atoms with Gasteiger partial charge in [0.25, 0.3) is 5.91 Å². The third-order valence-corrected chi connectivity index (χ3v) is 6.32. The molecule has 0 aliphatic carbocycles. The number of para-hydroxylation sites is 1. The lowest BCUT2D eigenvalue weighted by Crippen LogP contribution is -2.24. The van der Waals surface area contributed by atoms with E-state index in [1.807, 2.05) is 12.1 Å². The van der Waals surface area contributed by atoms with E-state index in [0.29, 0.717) is 17.9 Å². The van der Waals surface area contributed by atoms with Crippen LogP contribution >= 0.6 is 11.6 Å². The number of sulfonamides is 1. The van der Waals surface area contributed by atoms with Crippen molar-refractivity contribution in [2.24, 2.45) is 0 Å². The number of hydrogen-bond acceptors (Lipinski definition) is 4. The van der Waals surface area contributed by atoms with Crippen LogP contribution in [0.15, 0.2) is 77.7 Å². The normalized spacial score (nSPS) is 11.1. The Labute approximate surface area is 180 Å². The molecule has 0 aromatic heterocycles. The Morgan fingerprint density at radius 3 is 2.17 bits per heavy atom. The summed E-state index contributed by atoms with van der Waals surface area (Å²) >= 11 is 5.97. The van der Waals surface area contributed by atoms with Crippen molar-refractivity contribution in [2.45, 2.75) is 18.0 Å². The van der Waals surface area contributed by atoms with Crippen LogP contribution in [0, 0.1) is 0 Å². The number of ether oxygens (including phenoxy) is 1. The molecule has 0 heterocycles. The first-order valence-electron chi connectivity index (χ1n) is 9.14. The second-order valence-electron chi connectivity index (χ2n) is 6.45. The largest absolute Gasteiger partial charge is 0.496 e. The lowest BCUT2D eigenvalue weighted by atomic mass is 10.1. The van der Waals surface area contributed by atoms with Crippen LogP contribution < -0.4 is 14.8 Å². The lowest BCUT2D eigenvalue weighted by Gasteiger charge is -2.10. The summed E-state index contributed by atoms with van der Waals surface area (Å²) < 4.78 is 32.6. The minimum atomic E-state index is -3.71. The van der Waals surface area contributed by atoms with Gasteiger partial charge in [0.2, 0.25) is 10.0 Å². The van der Waals surface area contributed by atoms with Crippen molar-refractivity contribution in [3.63, 3.8) is 0 Å². The van der Waals surface area contributed by atoms with Gasteiger partial charge in [-0.15, -0.1) is 0 Å². The number of carbonyl (C=O) groups is 1. The molecule has 0 spiro atoms. The zero-order valence-electron chi connectivity index (χ0n) is 16.3. The van der Waals surface area contributed by atoms with Crippen LogP contribution in [0.3, 0.4) is 0 Å². The Morgan fingerprint density at radius 2 is 1.50 bits per heavy atom. The van der Waals surface area contributed by atoms with Gasteiger partial charge in [-0.05, 0) is 35.4 Å². The number of halogens is 1. The predicted octanol–water partition coefficient (Wildman–Crippen LogP) is 3.76. The standard InChI is InChI=1S/C22H21ClN2O4S/c1-29-20-8-4-2-6-18(20)22(26)24-14-16-10-12-17(13-11-16)15-25-30(27,28)21-9-5-3-7-19(21)23/h2-13,25H,14-15H2,1H3,(H,24,26). The van der Waals surface area contributed by atoms with Gasteiger partial charge < -0.3 is 10.1 Å². The molecule has 0 saturated heterocycles. The number of amides is 1. The number of rotatable bonds is 8. The van der Waals surface area contributed by atoms with E-state index in [9.17, 15) is 13.2 Å². The Morgan fingerprint density at radius 1 is 0.900 bits per heavy atom. The fraction of sp³-hybridized carbons (Fsp3) is 0.136. The zero-order chi connectivity index (χ0) is 21.6. The SMILES string of the molecule is COc1ccccc1C(=O)NCc1ccc(CNS(=O)(=O)c2ccccc2Cl)cc1. The first-order chi connectivity index (χ1) is 14.4. The van der Waals surface area contributed by atoms with Gasteiger partial charge in [-0.25, -0.2) is 13.1 Å². The molecule has 0 saturated carbocycles. The second kappa shape index (κ2) is 9.75. The van der Waals surface area contributed by atoms with Crippen LogP contribution in [0.5, 0.6) is 5.75 Å². The smallest absolute Gasteiger partial charge is 0.255 e. The Kier molecular flexibility index (Phi) is 7.10. The quantitative estimate of drug-likeness (QED) is 0.554. The van der Waals surface area contributed by atoms with Gasteiger partial charge in [0, 0.05) is 13.1 Å². The maximum absolute atomic E-state index is 12.4. The van der Waals surface area contributed by atoms with Gasteiger partial charge in [-0.1, -0.05) is 60.1 Å². The van der Waals surface area contributed by atoms with Crippen LogP contribution in [-0.2, 0) is 23.1 Å². The number of carbonyl (C=O) groups excluding carboxylic acids is 1. The number of methoxy groups -OCH3 is 1. The van der Waals surface area contributed by atoms with Crippen molar-refractivity contribution in [3.05, 3.63) is 94.5 Å². The molecule has 0 bridgehead atoms. The minimum absolute atomic E-state index is 0.0438. The van der Waals surface area contributed by atoms with E-state index >= 15 is 0 Å². The molecule has 0 aliphatic rings. The predicted molar refractivity (Wildman–Crippen MR) is 116 cm³/mol. The molecule has 0 atom stereocenters. The van der Waals surface area contributed by atoms with E-state index in [1.54, 1.807) is 48.5 Å². The third-order valence-electron chi connectivity index (χ3n) is 4.42. The van der Waals surface area contributed by atoms with Gasteiger partial charge in [-0.3, -0.25) is 4.79 Å². The summed E-state index contributed by atoms with van der Waals surface area (Å²) in [6, 6.07) is 20.6. The molecular formula is C22H21ClN2O4S. The van der Waals surface area contributed by atoms with Gasteiger partial charge >= 0.3 is 0 Å². The zero-order valence-corrected chi connectivity index (χ0v) is 17.8. The topological polar surface area (TPSA) is 84.5 Å². The molecule has 3 aromatic carbocycles. The average Bonchev–Trinajstić information content (AvgIpc) is 2.77. The Bertz CT molecular complexity index is 1130. The van der Waals surface area contributed by atoms with Crippen molar-refractivity contribution >= 4 is 27.5 Å². The molecule has 0 radical (unpaired) electrons. The third kappa shape index (κ3) is 5.38. The van der Waals surface area contributed by atoms with Gasteiger partial charge in [0.05, 0.1) is 17.7 Å². The number of nitrogens with one attached hydrogen (secondary N) is 2. The highest BCUT2D eigenvalue weighted by Crippen LogP contribution is 2.20. The molecular weight excluding hydrogens is 424 g/mol. The summed E-state index contributed by atoms with van der Waals surface area (Å²) in [5.74, 6) is 0.278. The molecule has 3 aromatic rings. The summed E-state index contributed by atoms with van der Waals surface area (Å²) in [6.07, 6.45) is 0. The number of benzene rings is 3. The van der Waals surface area contributed by atoms with E-state index in [2.05, 4.69) is 10.0 Å². The van der Waals surface area contributed by atoms with E-state index in [4.69, 9.17) is 16.3 Å². The van der Waals surface area contributed by atoms with Crippen molar-refractivity contribution in [1.82, 2.24) is 10.0 Å². The molecule has 156 valence electrons. The molecule has 8 heteroatoms. The van der Waals surface area contributed by atoms with Crippen LogP contribution in [0.4, 0.5) is 0 Å². The first kappa shape index (κ1) is 21.8. The number of hydrogen-bond donors (Lipinski definition) is 2. The van der Waals surface area contributed by atoms with E-state index in [0.717, 1.165) is 11.1 Å². The van der Waals surface area contributed by atoms with Gasteiger partial charge in [-0.2, -0.15) is 0 Å². The lowest BCUT2D eigenvalue weighted by molar-refractivity contribution is 0.0948. The Hall–Kier alpha value is -2.87. The van der Waals surface area contributed by atoms with E-state index in [1.165, 1.54) is 19.2 Å². The van der Waals surface area contributed by atoms with E-state index in [-0.39, 0.29) is 22.4 Å². The molecule has 2 N–H and O–H groups in total.